The minimum atomic E-state index is -2.26. The molecule has 2 rings (SSSR count). The molecule has 1 aromatic heterocycles. The molecule has 1 aliphatic rings. The Kier molecular flexibility index (Phi) is 11.1. The van der Waals surface area contributed by atoms with E-state index in [1.807, 2.05) is 24.2 Å². The number of aromatic nitrogens is 2. The normalized spacial score (nSPS) is 16.6. The maximum absolute atomic E-state index is 12.5. The molecule has 2 heterocycles. The summed E-state index contributed by atoms with van der Waals surface area (Å²) >= 11 is 0. The van der Waals surface area contributed by atoms with Crippen LogP contribution in [0.5, 0.6) is 0 Å². The topological polar surface area (TPSA) is 57.5 Å². The first kappa shape index (κ1) is 24.1. The minimum Gasteiger partial charge on any atom is -0.357 e. The summed E-state index contributed by atoms with van der Waals surface area (Å²) in [6.07, 6.45) is 3.24. The van der Waals surface area contributed by atoms with Gasteiger partial charge < -0.3 is 15.2 Å². The summed E-state index contributed by atoms with van der Waals surface area (Å²) in [5.41, 5.74) is 0. The van der Waals surface area contributed by atoms with Gasteiger partial charge in [-0.05, 0) is 25.7 Å². The summed E-state index contributed by atoms with van der Waals surface area (Å²) in [4.78, 5) is 10.9. The van der Waals surface area contributed by atoms with Gasteiger partial charge in [-0.25, -0.2) is 18.8 Å². The van der Waals surface area contributed by atoms with Gasteiger partial charge in [0.05, 0.1) is 6.54 Å². The van der Waals surface area contributed by atoms with Gasteiger partial charge >= 0.3 is 0 Å². The Balaban J connectivity index is 0.00000364. The maximum Gasteiger partial charge on any atom is 0.251 e. The lowest BCUT2D eigenvalue weighted by atomic mass is 10.1. The number of aliphatic imine (C=N–C) groups is 1. The molecule has 2 N–H and O–H groups in total. The summed E-state index contributed by atoms with van der Waals surface area (Å²) in [5.74, 6) is 2.26. The molecule has 1 fully saturated rings. The van der Waals surface area contributed by atoms with Crippen LogP contribution in [-0.2, 0) is 13.1 Å². The van der Waals surface area contributed by atoms with E-state index in [2.05, 4.69) is 39.0 Å². The smallest absolute Gasteiger partial charge is 0.251 e. The second-order valence-electron chi connectivity index (χ2n) is 7.20. The summed E-state index contributed by atoms with van der Waals surface area (Å²) in [7, 11) is 0. The lowest BCUT2D eigenvalue weighted by Crippen LogP contribution is -2.49. The van der Waals surface area contributed by atoms with E-state index in [4.69, 9.17) is 0 Å². The molecule has 0 saturated carbocycles. The molecule has 0 atom stereocenters. The third-order valence-electron chi connectivity index (χ3n) is 4.41. The van der Waals surface area contributed by atoms with E-state index >= 15 is 0 Å². The fourth-order valence-corrected chi connectivity index (χ4v) is 3.17. The fourth-order valence-electron chi connectivity index (χ4n) is 3.17. The van der Waals surface area contributed by atoms with Crippen LogP contribution in [0.4, 0.5) is 8.78 Å². The first-order chi connectivity index (χ1) is 12.5. The number of imidazole rings is 1. The van der Waals surface area contributed by atoms with Gasteiger partial charge in [-0.1, -0.05) is 13.8 Å². The van der Waals surface area contributed by atoms with Crippen molar-refractivity contribution in [2.45, 2.75) is 59.2 Å². The number of alkyl halides is 2. The zero-order valence-corrected chi connectivity index (χ0v) is 18.8. The van der Waals surface area contributed by atoms with Gasteiger partial charge in [0.15, 0.2) is 5.96 Å². The summed E-state index contributed by atoms with van der Waals surface area (Å²) < 4.78 is 27.1. The van der Waals surface area contributed by atoms with Crippen LogP contribution >= 0.6 is 24.0 Å². The lowest BCUT2D eigenvalue weighted by molar-refractivity contribution is 0.0744. The Morgan fingerprint density at radius 1 is 1.30 bits per heavy atom. The summed E-state index contributed by atoms with van der Waals surface area (Å²) in [5, 5.41) is 6.71. The van der Waals surface area contributed by atoms with Crippen LogP contribution in [0.15, 0.2) is 17.4 Å². The van der Waals surface area contributed by atoms with Crippen molar-refractivity contribution in [3.63, 3.8) is 0 Å². The van der Waals surface area contributed by atoms with Crippen molar-refractivity contribution >= 4 is 29.9 Å². The molecule has 9 heteroatoms. The standard InChI is InChI=1S/C18H32F2N6.HI/c1-4-21-18(23-11-17-22-7-10-26(17)12-14(2)3)24-15-5-8-25(9-6-15)13-16(19)20;/h7,10,14-16H,4-6,8-9,11-13H2,1-3H3,(H2,21,23,24);1H. The molecule has 27 heavy (non-hydrogen) atoms. The van der Waals surface area contributed by atoms with Crippen molar-refractivity contribution in [1.29, 1.82) is 0 Å². The lowest BCUT2D eigenvalue weighted by Gasteiger charge is -2.32. The molecule has 1 saturated heterocycles. The number of nitrogens with zero attached hydrogens (tertiary/aromatic N) is 4. The molecule has 0 bridgehead atoms. The van der Waals surface area contributed by atoms with Crippen LogP contribution < -0.4 is 10.6 Å². The van der Waals surface area contributed by atoms with Crippen molar-refractivity contribution < 1.29 is 8.78 Å². The highest BCUT2D eigenvalue weighted by Crippen LogP contribution is 2.12. The van der Waals surface area contributed by atoms with Crippen molar-refractivity contribution in [3.05, 3.63) is 18.2 Å². The predicted molar refractivity (Wildman–Crippen MR) is 116 cm³/mol. The van der Waals surface area contributed by atoms with Crippen molar-refractivity contribution in [2.75, 3.05) is 26.2 Å². The number of hydrogen-bond donors (Lipinski definition) is 2. The number of rotatable bonds is 8. The zero-order valence-electron chi connectivity index (χ0n) is 16.5. The van der Waals surface area contributed by atoms with Crippen LogP contribution in [0, 0.1) is 5.92 Å². The van der Waals surface area contributed by atoms with E-state index in [1.165, 1.54) is 0 Å². The van der Waals surface area contributed by atoms with Crippen molar-refractivity contribution in [1.82, 2.24) is 25.1 Å². The van der Waals surface area contributed by atoms with Crippen molar-refractivity contribution in [3.8, 4) is 0 Å². The highest BCUT2D eigenvalue weighted by Gasteiger charge is 2.22. The Labute approximate surface area is 178 Å². The molecule has 156 valence electrons. The van der Waals surface area contributed by atoms with E-state index in [-0.39, 0.29) is 36.6 Å². The summed E-state index contributed by atoms with van der Waals surface area (Å²) in [6.45, 7) is 9.87. The second-order valence-corrected chi connectivity index (χ2v) is 7.20. The van der Waals surface area contributed by atoms with Gasteiger partial charge in [-0.2, -0.15) is 0 Å². The first-order valence-corrected chi connectivity index (χ1v) is 9.53. The Bertz CT molecular complexity index is 556. The monoisotopic (exact) mass is 498 g/mol. The van der Waals surface area contributed by atoms with E-state index in [9.17, 15) is 8.78 Å². The molecule has 0 aromatic carbocycles. The summed E-state index contributed by atoms with van der Waals surface area (Å²) in [6, 6.07) is 0.261. The molecule has 0 radical (unpaired) electrons. The SMILES string of the molecule is CCNC(=NCc1nccn1CC(C)C)NC1CCN(CC(F)F)CC1.I. The number of halogens is 3. The Hall–Kier alpha value is -0.970. The molecule has 0 unspecified atom stereocenters. The number of piperidine rings is 1. The Morgan fingerprint density at radius 3 is 2.59 bits per heavy atom. The Morgan fingerprint density at radius 2 is 2.00 bits per heavy atom. The van der Waals surface area contributed by atoms with Crippen molar-refractivity contribution in [2.24, 2.45) is 10.9 Å². The largest absolute Gasteiger partial charge is 0.357 e. The predicted octanol–water partition coefficient (Wildman–Crippen LogP) is 2.94. The number of guanidine groups is 1. The quantitative estimate of drug-likeness (QED) is 0.329. The van der Waals surface area contributed by atoms with Gasteiger partial charge in [0.2, 0.25) is 0 Å². The van der Waals surface area contributed by atoms with Crippen LogP contribution in [0.1, 0.15) is 39.4 Å². The van der Waals surface area contributed by atoms with Crippen LogP contribution in [0.25, 0.3) is 0 Å². The molecule has 0 aliphatic carbocycles. The van der Waals surface area contributed by atoms with Gasteiger partial charge in [-0.3, -0.25) is 4.90 Å². The van der Waals surface area contributed by atoms with E-state index in [0.29, 0.717) is 25.6 Å². The molecule has 0 spiro atoms. The van der Waals surface area contributed by atoms with Crippen LogP contribution in [-0.4, -0.2) is 59.1 Å². The molecule has 1 aliphatic heterocycles. The highest BCUT2D eigenvalue weighted by molar-refractivity contribution is 14.0. The first-order valence-electron chi connectivity index (χ1n) is 9.53. The molecule has 0 amide bonds. The molecule has 1 aromatic rings. The average Bonchev–Trinajstić information content (AvgIpc) is 3.00. The number of nitrogens with one attached hydrogen (secondary N) is 2. The van der Waals surface area contributed by atoms with E-state index in [0.717, 1.165) is 37.7 Å². The van der Waals surface area contributed by atoms with E-state index < -0.39 is 6.43 Å². The molecular weight excluding hydrogens is 465 g/mol. The maximum atomic E-state index is 12.5. The van der Waals surface area contributed by atoms with Gasteiger partial charge in [0.1, 0.15) is 12.4 Å². The molecular formula is C18H33F2IN6. The van der Waals surface area contributed by atoms with Gasteiger partial charge in [0, 0.05) is 44.6 Å². The average molecular weight is 498 g/mol. The van der Waals surface area contributed by atoms with Gasteiger partial charge in [0.25, 0.3) is 6.43 Å². The fraction of sp³-hybridized carbons (Fsp3) is 0.778. The zero-order chi connectivity index (χ0) is 18.9. The number of hydrogen-bond acceptors (Lipinski definition) is 3. The second kappa shape index (κ2) is 12.5. The molecule has 6 nitrogen and oxygen atoms in total. The highest BCUT2D eigenvalue weighted by atomic mass is 127. The van der Waals surface area contributed by atoms with Crippen LogP contribution in [0.3, 0.4) is 0 Å². The third kappa shape index (κ3) is 8.71. The van der Waals surface area contributed by atoms with Gasteiger partial charge in [-0.15, -0.1) is 24.0 Å². The van der Waals surface area contributed by atoms with E-state index in [1.54, 1.807) is 0 Å². The van der Waals surface area contributed by atoms with Crippen LogP contribution in [0.2, 0.25) is 0 Å². The minimum absolute atomic E-state index is 0. The third-order valence-corrected chi connectivity index (χ3v) is 4.41. The number of likely N-dealkylation sites (tertiary alicyclic amines) is 1.